The van der Waals surface area contributed by atoms with Crippen LogP contribution in [0.15, 0.2) is 28.7 Å². The molecule has 0 aromatic heterocycles. The number of nitrogens with two attached hydrogens (primary N) is 1. The van der Waals surface area contributed by atoms with Gasteiger partial charge in [0.25, 0.3) is 0 Å². The molecule has 1 aromatic carbocycles. The van der Waals surface area contributed by atoms with Crippen LogP contribution in [-0.4, -0.2) is 12.6 Å². The molecule has 2 nitrogen and oxygen atoms in total. The SMILES string of the molecule is CCC(N)C(OCC1CCCCC1)c1cccc(Br)c1. The molecule has 2 atom stereocenters. The second-order valence-electron chi connectivity index (χ2n) is 5.89. The van der Waals surface area contributed by atoms with Gasteiger partial charge in [-0.2, -0.15) is 0 Å². The largest absolute Gasteiger partial charge is 0.372 e. The second kappa shape index (κ2) is 8.16. The first kappa shape index (κ1) is 16.0. The molecule has 0 amide bonds. The van der Waals surface area contributed by atoms with Gasteiger partial charge in [-0.3, -0.25) is 0 Å². The lowest BCUT2D eigenvalue weighted by molar-refractivity contribution is 0.00437. The lowest BCUT2D eigenvalue weighted by Gasteiger charge is -2.28. The highest BCUT2D eigenvalue weighted by atomic mass is 79.9. The van der Waals surface area contributed by atoms with Gasteiger partial charge in [-0.15, -0.1) is 0 Å². The monoisotopic (exact) mass is 339 g/mol. The van der Waals surface area contributed by atoms with E-state index >= 15 is 0 Å². The van der Waals surface area contributed by atoms with Crippen LogP contribution >= 0.6 is 15.9 Å². The van der Waals surface area contributed by atoms with Crippen LogP contribution in [0.25, 0.3) is 0 Å². The van der Waals surface area contributed by atoms with Crippen LogP contribution in [0.5, 0.6) is 0 Å². The molecule has 0 aliphatic heterocycles. The van der Waals surface area contributed by atoms with Crippen LogP contribution in [0.2, 0.25) is 0 Å². The summed E-state index contributed by atoms with van der Waals surface area (Å²) in [5, 5.41) is 0. The van der Waals surface area contributed by atoms with Crippen molar-refractivity contribution in [3.05, 3.63) is 34.3 Å². The molecule has 20 heavy (non-hydrogen) atoms. The third-order valence-corrected chi connectivity index (χ3v) is 4.77. The van der Waals surface area contributed by atoms with Crippen LogP contribution in [0.4, 0.5) is 0 Å². The fraction of sp³-hybridized carbons (Fsp3) is 0.647. The van der Waals surface area contributed by atoms with Crippen molar-refractivity contribution in [2.45, 2.75) is 57.6 Å². The Morgan fingerprint density at radius 2 is 2.05 bits per heavy atom. The van der Waals surface area contributed by atoms with Crippen molar-refractivity contribution >= 4 is 15.9 Å². The van der Waals surface area contributed by atoms with E-state index in [0.717, 1.165) is 23.4 Å². The number of ether oxygens (including phenoxy) is 1. The first-order valence-corrected chi connectivity index (χ1v) is 8.62. The van der Waals surface area contributed by atoms with Gasteiger partial charge >= 0.3 is 0 Å². The Morgan fingerprint density at radius 3 is 2.70 bits per heavy atom. The normalized spacial score (nSPS) is 19.8. The number of hydrogen-bond acceptors (Lipinski definition) is 2. The minimum absolute atomic E-state index is 0.0134. The van der Waals surface area contributed by atoms with Crippen LogP contribution in [-0.2, 0) is 4.74 Å². The highest BCUT2D eigenvalue weighted by Gasteiger charge is 2.22. The molecule has 1 saturated carbocycles. The molecule has 1 aromatic rings. The molecule has 2 unspecified atom stereocenters. The molecule has 0 heterocycles. The molecule has 1 fully saturated rings. The van der Waals surface area contributed by atoms with E-state index in [0.29, 0.717) is 0 Å². The fourth-order valence-corrected chi connectivity index (χ4v) is 3.38. The zero-order valence-electron chi connectivity index (χ0n) is 12.4. The Balaban J connectivity index is 2.00. The lowest BCUT2D eigenvalue weighted by Crippen LogP contribution is -2.31. The number of halogens is 1. The number of hydrogen-bond donors (Lipinski definition) is 1. The van der Waals surface area contributed by atoms with Crippen molar-refractivity contribution in [1.82, 2.24) is 0 Å². The summed E-state index contributed by atoms with van der Waals surface area (Å²) in [6.07, 6.45) is 7.67. The van der Waals surface area contributed by atoms with Crippen molar-refractivity contribution in [3.63, 3.8) is 0 Å². The van der Waals surface area contributed by atoms with Crippen LogP contribution in [0, 0.1) is 5.92 Å². The van der Waals surface area contributed by atoms with E-state index in [4.69, 9.17) is 10.5 Å². The highest BCUT2D eigenvalue weighted by molar-refractivity contribution is 9.10. The van der Waals surface area contributed by atoms with Crippen molar-refractivity contribution in [1.29, 1.82) is 0 Å². The smallest absolute Gasteiger partial charge is 0.0976 e. The Kier molecular flexibility index (Phi) is 6.53. The van der Waals surface area contributed by atoms with E-state index in [1.54, 1.807) is 0 Å². The summed E-state index contributed by atoms with van der Waals surface area (Å²) in [4.78, 5) is 0. The third-order valence-electron chi connectivity index (χ3n) is 4.27. The van der Waals surface area contributed by atoms with E-state index in [1.165, 1.54) is 37.7 Å². The molecule has 0 spiro atoms. The molecular weight excluding hydrogens is 314 g/mol. The van der Waals surface area contributed by atoms with Crippen molar-refractivity contribution < 1.29 is 4.74 Å². The summed E-state index contributed by atoms with van der Waals surface area (Å²) in [7, 11) is 0. The van der Waals surface area contributed by atoms with E-state index < -0.39 is 0 Å². The van der Waals surface area contributed by atoms with Gasteiger partial charge in [0, 0.05) is 10.5 Å². The van der Waals surface area contributed by atoms with Gasteiger partial charge in [0.15, 0.2) is 0 Å². The van der Waals surface area contributed by atoms with Gasteiger partial charge in [0.2, 0.25) is 0 Å². The highest BCUT2D eigenvalue weighted by Crippen LogP contribution is 2.29. The average molecular weight is 340 g/mol. The summed E-state index contributed by atoms with van der Waals surface area (Å²) in [6, 6.07) is 8.40. The number of benzene rings is 1. The maximum atomic E-state index is 6.27. The van der Waals surface area contributed by atoms with Crippen LogP contribution < -0.4 is 5.73 Å². The molecule has 2 N–H and O–H groups in total. The van der Waals surface area contributed by atoms with Crippen LogP contribution in [0.1, 0.15) is 57.1 Å². The fourth-order valence-electron chi connectivity index (χ4n) is 2.96. The zero-order valence-corrected chi connectivity index (χ0v) is 13.9. The topological polar surface area (TPSA) is 35.2 Å². The molecular formula is C17H26BrNO. The first-order chi connectivity index (χ1) is 9.70. The second-order valence-corrected chi connectivity index (χ2v) is 6.80. The minimum atomic E-state index is 0.0134. The van der Waals surface area contributed by atoms with Crippen molar-refractivity contribution in [2.24, 2.45) is 11.7 Å². The molecule has 0 radical (unpaired) electrons. The van der Waals surface area contributed by atoms with Gasteiger partial charge in [-0.05, 0) is 42.9 Å². The molecule has 0 saturated heterocycles. The number of rotatable bonds is 6. The third kappa shape index (κ3) is 4.57. The van der Waals surface area contributed by atoms with E-state index in [2.05, 4.69) is 41.1 Å². The summed E-state index contributed by atoms with van der Waals surface area (Å²) < 4.78 is 7.32. The predicted molar refractivity (Wildman–Crippen MR) is 87.7 cm³/mol. The summed E-state index contributed by atoms with van der Waals surface area (Å²) >= 11 is 3.53. The average Bonchev–Trinajstić information content (AvgIpc) is 2.48. The summed E-state index contributed by atoms with van der Waals surface area (Å²) in [5.74, 6) is 0.724. The quantitative estimate of drug-likeness (QED) is 0.805. The van der Waals surface area contributed by atoms with E-state index in [1.807, 2.05) is 6.07 Å². The maximum Gasteiger partial charge on any atom is 0.0976 e. The van der Waals surface area contributed by atoms with Crippen molar-refractivity contribution in [3.8, 4) is 0 Å². The first-order valence-electron chi connectivity index (χ1n) is 7.83. The van der Waals surface area contributed by atoms with Gasteiger partial charge in [0.1, 0.15) is 0 Å². The Morgan fingerprint density at radius 1 is 1.30 bits per heavy atom. The minimum Gasteiger partial charge on any atom is -0.372 e. The molecule has 2 rings (SSSR count). The molecule has 1 aliphatic rings. The maximum absolute atomic E-state index is 6.27. The van der Waals surface area contributed by atoms with E-state index in [9.17, 15) is 0 Å². The Labute approximate surface area is 131 Å². The van der Waals surface area contributed by atoms with Crippen LogP contribution in [0.3, 0.4) is 0 Å². The molecule has 112 valence electrons. The van der Waals surface area contributed by atoms with Gasteiger partial charge in [0.05, 0.1) is 12.7 Å². The molecule has 1 aliphatic carbocycles. The predicted octanol–water partition coefficient (Wildman–Crippen LogP) is 4.82. The Bertz CT molecular complexity index is 404. The Hall–Kier alpha value is -0.380. The van der Waals surface area contributed by atoms with Gasteiger partial charge in [-0.1, -0.05) is 54.2 Å². The van der Waals surface area contributed by atoms with Gasteiger partial charge < -0.3 is 10.5 Å². The molecule has 3 heteroatoms. The van der Waals surface area contributed by atoms with Crippen molar-refractivity contribution in [2.75, 3.05) is 6.61 Å². The molecule has 0 bridgehead atoms. The summed E-state index contributed by atoms with van der Waals surface area (Å²) in [6.45, 7) is 2.98. The standard InChI is InChI=1S/C17H26BrNO/c1-2-16(19)17(14-9-6-10-15(18)11-14)20-12-13-7-4-3-5-8-13/h6,9-11,13,16-17H,2-5,7-8,12,19H2,1H3. The zero-order chi connectivity index (χ0) is 14.4. The van der Waals surface area contributed by atoms with E-state index in [-0.39, 0.29) is 12.1 Å². The summed E-state index contributed by atoms with van der Waals surface area (Å²) in [5.41, 5.74) is 7.46. The lowest BCUT2D eigenvalue weighted by atomic mass is 9.90. The van der Waals surface area contributed by atoms with Gasteiger partial charge in [-0.25, -0.2) is 0 Å².